The summed E-state index contributed by atoms with van der Waals surface area (Å²) in [5, 5.41) is 18.3. The fourth-order valence-corrected chi connectivity index (χ4v) is 5.21. The number of nitrogens with one attached hydrogen (secondary N) is 2. The van der Waals surface area contributed by atoms with E-state index in [1.807, 2.05) is 91.5 Å². The number of hydrogen-bond acceptors (Lipinski definition) is 7. The second kappa shape index (κ2) is 12.7. The van der Waals surface area contributed by atoms with E-state index in [2.05, 4.69) is 22.8 Å². The summed E-state index contributed by atoms with van der Waals surface area (Å²) in [6, 6.07) is 26.5. The lowest BCUT2D eigenvalue weighted by Crippen LogP contribution is -2.46. The minimum absolute atomic E-state index is 0.101. The molecule has 8 nitrogen and oxygen atoms in total. The summed E-state index contributed by atoms with van der Waals surface area (Å²) >= 11 is 0. The molecule has 214 valence electrons. The molecule has 0 amide bonds. The van der Waals surface area contributed by atoms with Gasteiger partial charge in [0.1, 0.15) is 23.2 Å². The maximum absolute atomic E-state index is 12.4. The van der Waals surface area contributed by atoms with E-state index in [0.717, 1.165) is 51.9 Å². The zero-order valence-electron chi connectivity index (χ0n) is 23.8. The van der Waals surface area contributed by atoms with Crippen molar-refractivity contribution in [2.24, 2.45) is 0 Å². The molecule has 0 aliphatic carbocycles. The van der Waals surface area contributed by atoms with Gasteiger partial charge >= 0.3 is 5.97 Å². The van der Waals surface area contributed by atoms with Crippen LogP contribution in [0.3, 0.4) is 0 Å². The number of carboxylic acid groups (broad SMARTS) is 1. The van der Waals surface area contributed by atoms with Crippen LogP contribution in [0.15, 0.2) is 94.5 Å². The molecule has 8 heteroatoms. The van der Waals surface area contributed by atoms with Crippen molar-refractivity contribution in [1.82, 2.24) is 4.98 Å². The Morgan fingerprint density at radius 3 is 2.21 bits per heavy atom. The number of hydrogen-bond donors (Lipinski definition) is 3. The van der Waals surface area contributed by atoms with E-state index >= 15 is 0 Å². The quantitative estimate of drug-likeness (QED) is 0.150. The lowest BCUT2D eigenvalue weighted by Gasteiger charge is -2.28. The number of aromatic nitrogens is 1. The van der Waals surface area contributed by atoms with E-state index in [1.165, 1.54) is 0 Å². The van der Waals surface area contributed by atoms with Crippen LogP contribution in [0, 0.1) is 0 Å². The molecule has 4 aromatic carbocycles. The molecule has 0 aliphatic heterocycles. The highest BCUT2D eigenvalue weighted by atomic mass is 16.4. The van der Waals surface area contributed by atoms with Crippen LogP contribution in [0.4, 0.5) is 22.9 Å². The minimum atomic E-state index is -1.10. The zero-order chi connectivity index (χ0) is 29.6. The van der Waals surface area contributed by atoms with Crippen molar-refractivity contribution in [3.63, 3.8) is 0 Å². The maximum Gasteiger partial charge on any atom is 0.326 e. The number of nitrogens with zero attached hydrogens (tertiary/aromatic N) is 2. The molecule has 1 aromatic heterocycles. The smallest absolute Gasteiger partial charge is 0.326 e. The van der Waals surface area contributed by atoms with Crippen LogP contribution in [0.1, 0.15) is 32.3 Å². The molecule has 5 rings (SSSR count). The number of rotatable bonds is 13. The van der Waals surface area contributed by atoms with Crippen LogP contribution in [0.25, 0.3) is 22.0 Å². The second-order valence-electron chi connectivity index (χ2n) is 10.4. The molecule has 0 radical (unpaired) electrons. The molecular weight excluding hydrogens is 528 g/mol. The molecule has 0 spiro atoms. The average molecular weight is 563 g/mol. The van der Waals surface area contributed by atoms with Gasteiger partial charge in [-0.1, -0.05) is 80.6 Å². The fourth-order valence-electron chi connectivity index (χ4n) is 5.21. The Balaban J connectivity index is 1.35. The first-order valence-electron chi connectivity index (χ1n) is 14.3. The first-order chi connectivity index (χ1) is 20.4. The Labute approximate surface area is 244 Å². The van der Waals surface area contributed by atoms with Gasteiger partial charge in [0.05, 0.1) is 5.69 Å². The van der Waals surface area contributed by atoms with Crippen LogP contribution < -0.4 is 26.4 Å². The number of fused-ring (bicyclic) bond motifs is 1. The van der Waals surface area contributed by atoms with Crippen molar-refractivity contribution >= 4 is 39.6 Å². The van der Waals surface area contributed by atoms with Gasteiger partial charge in [0.2, 0.25) is 0 Å². The fraction of sp³-hybridized carbons (Fsp3) is 0.235. The number of benzene rings is 3. The standard InChI is InChI=1S/C34H34N4O4/c1-3-18-38(19-4-2)30-29(31(39)32(30)40)36-28(34(41)42)20-22-14-16-25(17-15-22)35-33-26-13-9-8-12-24(26)21-27(37-33)23-10-6-5-7-11-23/h5-17,21,28,36H,3-4,18-20H2,1-2H3,(H,35,37)(H,41,42)/t28-/m0/s1. The number of anilines is 4. The molecule has 1 atom stereocenters. The maximum atomic E-state index is 12.4. The monoisotopic (exact) mass is 562 g/mol. The number of aliphatic carboxylic acids is 1. The summed E-state index contributed by atoms with van der Waals surface area (Å²) in [5.41, 5.74) is 2.64. The third-order valence-electron chi connectivity index (χ3n) is 7.27. The van der Waals surface area contributed by atoms with Crippen molar-refractivity contribution in [2.75, 3.05) is 28.6 Å². The van der Waals surface area contributed by atoms with Crippen LogP contribution in [0.5, 0.6) is 0 Å². The topological polar surface area (TPSA) is 112 Å². The normalized spacial score (nSPS) is 11.9. The Hall–Kier alpha value is -4.98. The molecule has 0 bridgehead atoms. The summed E-state index contributed by atoms with van der Waals surface area (Å²) in [4.78, 5) is 43.7. The van der Waals surface area contributed by atoms with Crippen LogP contribution in [-0.2, 0) is 11.2 Å². The van der Waals surface area contributed by atoms with Crippen LogP contribution in [0.2, 0.25) is 0 Å². The van der Waals surface area contributed by atoms with Gasteiger partial charge < -0.3 is 20.6 Å². The molecule has 1 heterocycles. The molecule has 0 saturated heterocycles. The van der Waals surface area contributed by atoms with Gasteiger partial charge in [0, 0.05) is 36.1 Å². The van der Waals surface area contributed by atoms with Gasteiger partial charge in [0.15, 0.2) is 0 Å². The third-order valence-corrected chi connectivity index (χ3v) is 7.27. The highest BCUT2D eigenvalue weighted by molar-refractivity contribution is 5.96. The largest absolute Gasteiger partial charge is 0.480 e. The summed E-state index contributed by atoms with van der Waals surface area (Å²) in [6.07, 6.45) is 1.76. The lowest BCUT2D eigenvalue weighted by molar-refractivity contribution is -0.137. The summed E-state index contributed by atoms with van der Waals surface area (Å²) < 4.78 is 0. The Kier molecular flexibility index (Phi) is 8.62. The van der Waals surface area contributed by atoms with E-state index in [1.54, 1.807) is 0 Å². The second-order valence-corrected chi connectivity index (χ2v) is 10.4. The van der Waals surface area contributed by atoms with E-state index < -0.39 is 22.9 Å². The minimum Gasteiger partial charge on any atom is -0.480 e. The summed E-state index contributed by atoms with van der Waals surface area (Å²) in [6.45, 7) is 5.24. The van der Waals surface area contributed by atoms with Crippen LogP contribution >= 0.6 is 0 Å². The molecular formula is C34H34N4O4. The molecule has 42 heavy (non-hydrogen) atoms. The highest BCUT2D eigenvalue weighted by Gasteiger charge is 2.29. The van der Waals surface area contributed by atoms with Crippen molar-refractivity contribution in [3.05, 3.63) is 111 Å². The predicted molar refractivity (Wildman–Crippen MR) is 170 cm³/mol. The van der Waals surface area contributed by atoms with Crippen molar-refractivity contribution in [3.8, 4) is 11.3 Å². The van der Waals surface area contributed by atoms with Gasteiger partial charge in [-0.3, -0.25) is 9.59 Å². The Morgan fingerprint density at radius 2 is 1.55 bits per heavy atom. The molecule has 0 aliphatic rings. The van der Waals surface area contributed by atoms with Crippen molar-refractivity contribution < 1.29 is 9.90 Å². The predicted octanol–water partition coefficient (Wildman–Crippen LogP) is 5.98. The first-order valence-corrected chi connectivity index (χ1v) is 14.3. The van der Waals surface area contributed by atoms with Gasteiger partial charge in [-0.05, 0) is 42.0 Å². The molecule has 0 unspecified atom stereocenters. The molecule has 5 aromatic rings. The number of carbonyl (C=O) groups is 1. The van der Waals surface area contributed by atoms with Crippen molar-refractivity contribution in [1.29, 1.82) is 0 Å². The lowest BCUT2D eigenvalue weighted by atomic mass is 10.0. The third kappa shape index (κ3) is 6.02. The first kappa shape index (κ1) is 28.5. The van der Waals surface area contributed by atoms with Gasteiger partial charge in [0.25, 0.3) is 10.9 Å². The highest BCUT2D eigenvalue weighted by Crippen LogP contribution is 2.30. The van der Waals surface area contributed by atoms with Crippen molar-refractivity contribution in [2.45, 2.75) is 39.2 Å². The van der Waals surface area contributed by atoms with Gasteiger partial charge in [-0.25, -0.2) is 9.78 Å². The molecule has 0 saturated carbocycles. The van der Waals surface area contributed by atoms with Crippen LogP contribution in [-0.4, -0.2) is 35.2 Å². The summed E-state index contributed by atoms with van der Waals surface area (Å²) in [7, 11) is 0. The average Bonchev–Trinajstić information content (AvgIpc) is 3.01. The van der Waals surface area contributed by atoms with E-state index in [9.17, 15) is 19.5 Å². The zero-order valence-corrected chi connectivity index (χ0v) is 23.8. The van der Waals surface area contributed by atoms with E-state index in [4.69, 9.17) is 4.98 Å². The SMILES string of the molecule is CCCN(CCC)c1c(N[C@@H](Cc2ccc(Nc3nc(-c4ccccc4)cc4ccccc34)cc2)C(=O)O)c(=O)c1=O. The Morgan fingerprint density at radius 1 is 0.881 bits per heavy atom. The Bertz CT molecular complexity index is 1750. The van der Waals surface area contributed by atoms with Gasteiger partial charge in [-0.2, -0.15) is 0 Å². The van der Waals surface area contributed by atoms with E-state index in [0.29, 0.717) is 18.8 Å². The molecule has 0 fully saturated rings. The van der Waals surface area contributed by atoms with E-state index in [-0.39, 0.29) is 12.1 Å². The van der Waals surface area contributed by atoms with Gasteiger partial charge in [-0.15, -0.1) is 0 Å². The number of pyridine rings is 1. The summed E-state index contributed by atoms with van der Waals surface area (Å²) in [5.74, 6) is -0.372. The number of carboxylic acids is 1. The molecule has 3 N–H and O–H groups in total.